The number of aliphatic carboxylic acids is 1. The van der Waals surface area contributed by atoms with E-state index in [2.05, 4.69) is 5.32 Å². The third-order valence-corrected chi connectivity index (χ3v) is 5.36. The fourth-order valence-corrected chi connectivity index (χ4v) is 3.72. The molecule has 0 bridgehead atoms. The van der Waals surface area contributed by atoms with Gasteiger partial charge in [-0.2, -0.15) is 13.2 Å². The number of unbranched alkanes of at least 4 members (excludes halogenated alkanes) is 1. The Morgan fingerprint density at radius 3 is 2.48 bits per heavy atom. The van der Waals surface area contributed by atoms with Crippen LogP contribution in [-0.4, -0.2) is 41.8 Å². The van der Waals surface area contributed by atoms with Crippen molar-refractivity contribution in [1.82, 2.24) is 10.6 Å². The zero-order chi connectivity index (χ0) is 24.0. The van der Waals surface area contributed by atoms with Crippen molar-refractivity contribution in [2.24, 2.45) is 0 Å². The van der Waals surface area contributed by atoms with E-state index in [1.807, 2.05) is 42.5 Å². The number of hydrogen-bond acceptors (Lipinski definition) is 4. The fraction of sp³-hybridized carbons (Fsp3) is 0.348. The first-order valence-corrected chi connectivity index (χ1v) is 10.4. The first-order valence-electron chi connectivity index (χ1n) is 10.4. The topological polar surface area (TPSA) is 105 Å². The molecule has 0 fully saturated rings. The van der Waals surface area contributed by atoms with E-state index in [9.17, 15) is 32.7 Å². The Balaban J connectivity index is 1.47. The SMILES string of the molecule is O=C(NC(CCCCNC(=O)C(F)(F)F)C(=O)O)OCc1cccc2c1Cc1ccccc1-2. The summed E-state index contributed by atoms with van der Waals surface area (Å²) in [5.74, 6) is -3.34. The van der Waals surface area contributed by atoms with E-state index < -0.39 is 30.2 Å². The number of fused-ring (bicyclic) bond motifs is 3. The highest BCUT2D eigenvalue weighted by molar-refractivity contribution is 5.82. The normalized spacial score (nSPS) is 12.9. The van der Waals surface area contributed by atoms with Crippen molar-refractivity contribution in [2.75, 3.05) is 6.54 Å². The van der Waals surface area contributed by atoms with Gasteiger partial charge in [0.15, 0.2) is 0 Å². The van der Waals surface area contributed by atoms with Gasteiger partial charge in [0, 0.05) is 6.54 Å². The van der Waals surface area contributed by atoms with Crippen LogP contribution in [0.1, 0.15) is 36.0 Å². The highest BCUT2D eigenvalue weighted by atomic mass is 19.4. The highest BCUT2D eigenvalue weighted by Gasteiger charge is 2.38. The van der Waals surface area contributed by atoms with E-state index in [1.165, 1.54) is 5.56 Å². The maximum atomic E-state index is 12.2. The Bertz CT molecular complexity index is 1040. The second kappa shape index (κ2) is 10.4. The van der Waals surface area contributed by atoms with Gasteiger partial charge in [0.05, 0.1) is 0 Å². The zero-order valence-corrected chi connectivity index (χ0v) is 17.6. The van der Waals surface area contributed by atoms with Crippen molar-refractivity contribution in [3.63, 3.8) is 0 Å². The Labute approximate surface area is 187 Å². The summed E-state index contributed by atoms with van der Waals surface area (Å²) < 4.78 is 41.6. The van der Waals surface area contributed by atoms with Gasteiger partial charge in [0.2, 0.25) is 0 Å². The van der Waals surface area contributed by atoms with Crippen molar-refractivity contribution in [2.45, 2.75) is 44.5 Å². The molecule has 2 amide bonds. The number of benzene rings is 2. The molecule has 7 nitrogen and oxygen atoms in total. The van der Waals surface area contributed by atoms with Gasteiger partial charge in [-0.05, 0) is 53.5 Å². The smallest absolute Gasteiger partial charge is 0.471 e. The molecule has 2 aromatic carbocycles. The number of rotatable bonds is 9. The van der Waals surface area contributed by atoms with E-state index in [1.54, 1.807) is 5.32 Å². The molecule has 1 unspecified atom stereocenters. The van der Waals surface area contributed by atoms with E-state index in [0.717, 1.165) is 28.7 Å². The molecule has 0 aliphatic heterocycles. The summed E-state index contributed by atoms with van der Waals surface area (Å²) in [7, 11) is 0. The molecule has 0 spiro atoms. The summed E-state index contributed by atoms with van der Waals surface area (Å²) in [5.41, 5.74) is 5.28. The lowest BCUT2D eigenvalue weighted by Gasteiger charge is -2.15. The number of amides is 2. The molecule has 1 atom stereocenters. The maximum Gasteiger partial charge on any atom is 0.471 e. The van der Waals surface area contributed by atoms with Gasteiger partial charge in [-0.25, -0.2) is 9.59 Å². The molecule has 0 heterocycles. The van der Waals surface area contributed by atoms with E-state index in [4.69, 9.17) is 4.74 Å². The number of hydrogen-bond donors (Lipinski definition) is 3. The van der Waals surface area contributed by atoms with Crippen molar-refractivity contribution in [1.29, 1.82) is 0 Å². The summed E-state index contributed by atoms with van der Waals surface area (Å²) in [4.78, 5) is 34.3. The maximum absolute atomic E-state index is 12.2. The molecule has 1 aliphatic carbocycles. The number of carboxylic acid groups (broad SMARTS) is 1. The standard InChI is InChI=1S/C23H23F3N2O5/c24-23(25,26)21(31)27-11-4-3-10-19(20(29)30)28-22(32)33-13-15-7-5-9-17-16-8-2-1-6-14(16)12-18(15)17/h1-2,5-9,19H,3-4,10-13H2,(H,27,31)(H,28,32)(H,29,30). The van der Waals surface area contributed by atoms with Gasteiger partial charge < -0.3 is 20.5 Å². The van der Waals surface area contributed by atoms with Crippen molar-refractivity contribution < 1.29 is 37.4 Å². The Morgan fingerprint density at radius 2 is 1.76 bits per heavy atom. The number of ether oxygens (including phenoxy) is 1. The minimum atomic E-state index is -4.96. The predicted molar refractivity (Wildman–Crippen MR) is 112 cm³/mol. The number of carboxylic acids is 1. The van der Waals surface area contributed by atoms with Crippen LogP contribution in [0.15, 0.2) is 42.5 Å². The summed E-state index contributed by atoms with van der Waals surface area (Å²) >= 11 is 0. The lowest BCUT2D eigenvalue weighted by atomic mass is 10.0. The van der Waals surface area contributed by atoms with Gasteiger partial charge in [-0.1, -0.05) is 42.5 Å². The largest absolute Gasteiger partial charge is 0.480 e. The van der Waals surface area contributed by atoms with Gasteiger partial charge in [-0.15, -0.1) is 0 Å². The monoisotopic (exact) mass is 464 g/mol. The lowest BCUT2D eigenvalue weighted by Crippen LogP contribution is -2.41. The van der Waals surface area contributed by atoms with E-state index in [-0.39, 0.29) is 32.4 Å². The van der Waals surface area contributed by atoms with Crippen LogP contribution in [0.3, 0.4) is 0 Å². The summed E-state index contributed by atoms with van der Waals surface area (Å²) in [6, 6.07) is 12.5. The van der Waals surface area contributed by atoms with Crippen LogP contribution in [0.2, 0.25) is 0 Å². The minimum Gasteiger partial charge on any atom is -0.480 e. The van der Waals surface area contributed by atoms with Crippen molar-refractivity contribution >= 4 is 18.0 Å². The predicted octanol–water partition coefficient (Wildman–Crippen LogP) is 3.79. The first-order chi connectivity index (χ1) is 15.7. The number of carbonyl (C=O) groups is 3. The van der Waals surface area contributed by atoms with Gasteiger partial charge in [0.25, 0.3) is 0 Å². The third kappa shape index (κ3) is 6.24. The quantitative estimate of drug-likeness (QED) is 0.418. The molecule has 33 heavy (non-hydrogen) atoms. The van der Waals surface area contributed by atoms with Crippen LogP contribution < -0.4 is 10.6 Å². The first kappa shape index (κ1) is 24.1. The molecule has 0 saturated carbocycles. The molecule has 10 heteroatoms. The molecule has 2 aromatic rings. The van der Waals surface area contributed by atoms with Gasteiger partial charge >= 0.3 is 24.1 Å². The van der Waals surface area contributed by atoms with E-state index >= 15 is 0 Å². The number of alkyl halides is 3. The number of nitrogens with one attached hydrogen (secondary N) is 2. The molecule has 3 rings (SSSR count). The summed E-state index contributed by atoms with van der Waals surface area (Å²) in [6.07, 6.45) is -4.87. The zero-order valence-electron chi connectivity index (χ0n) is 17.6. The molecule has 3 N–H and O–H groups in total. The minimum absolute atomic E-state index is 0.0254. The van der Waals surface area contributed by atoms with Crippen LogP contribution in [0.25, 0.3) is 11.1 Å². The molecular weight excluding hydrogens is 441 g/mol. The molecule has 0 radical (unpaired) electrons. The lowest BCUT2D eigenvalue weighted by molar-refractivity contribution is -0.173. The number of alkyl carbamates (subject to hydrolysis) is 1. The molecule has 0 saturated heterocycles. The van der Waals surface area contributed by atoms with Crippen LogP contribution in [0.4, 0.5) is 18.0 Å². The van der Waals surface area contributed by atoms with Crippen LogP contribution >= 0.6 is 0 Å². The molecular formula is C23H23F3N2O5. The number of halogens is 3. The van der Waals surface area contributed by atoms with Crippen molar-refractivity contribution in [3.8, 4) is 11.1 Å². The van der Waals surface area contributed by atoms with Crippen LogP contribution in [-0.2, 0) is 27.4 Å². The van der Waals surface area contributed by atoms with E-state index in [0.29, 0.717) is 0 Å². The number of carbonyl (C=O) groups excluding carboxylic acids is 2. The van der Waals surface area contributed by atoms with Gasteiger partial charge in [0.1, 0.15) is 12.6 Å². The molecule has 176 valence electrons. The fourth-order valence-electron chi connectivity index (χ4n) is 3.72. The summed E-state index contributed by atoms with van der Waals surface area (Å²) in [5, 5.41) is 13.3. The highest BCUT2D eigenvalue weighted by Crippen LogP contribution is 2.38. The summed E-state index contributed by atoms with van der Waals surface area (Å²) in [6.45, 7) is -0.282. The average molecular weight is 464 g/mol. The molecule has 0 aromatic heterocycles. The average Bonchev–Trinajstić information content (AvgIpc) is 3.15. The third-order valence-electron chi connectivity index (χ3n) is 5.36. The van der Waals surface area contributed by atoms with Crippen LogP contribution in [0, 0.1) is 0 Å². The Morgan fingerprint density at radius 1 is 1.03 bits per heavy atom. The van der Waals surface area contributed by atoms with Crippen molar-refractivity contribution in [3.05, 3.63) is 59.2 Å². The second-order valence-electron chi connectivity index (χ2n) is 7.64. The Kier molecular flexibility index (Phi) is 7.57. The second-order valence-corrected chi connectivity index (χ2v) is 7.64. The Hall–Kier alpha value is -3.56. The van der Waals surface area contributed by atoms with Crippen LogP contribution in [0.5, 0.6) is 0 Å². The van der Waals surface area contributed by atoms with Gasteiger partial charge in [-0.3, -0.25) is 4.79 Å². The molecule has 1 aliphatic rings.